The van der Waals surface area contributed by atoms with E-state index >= 15 is 0 Å². The molecule has 2 aromatic rings. The van der Waals surface area contributed by atoms with Crippen LogP contribution in [0.5, 0.6) is 0 Å². The first-order valence-corrected chi connectivity index (χ1v) is 9.16. The molecular formula is C21H26N2O. The van der Waals surface area contributed by atoms with Gasteiger partial charge in [0.1, 0.15) is 0 Å². The standard InChI is InChI=1S/C21H26N2O/c24-20-6-3-11-21(20)12-4-14-23(16-21)15-17-7-9-18(10-8-17)19-5-1-2-13-22-19/h1-2,5,7-10,13,20,24H,3-4,6,11-12,14-16H2/t20-,21+/m1/s1. The lowest BCUT2D eigenvalue weighted by Crippen LogP contribution is -2.46. The van der Waals surface area contributed by atoms with Crippen molar-refractivity contribution in [1.82, 2.24) is 9.88 Å². The fourth-order valence-electron chi connectivity index (χ4n) is 4.56. The first-order valence-electron chi connectivity index (χ1n) is 9.16. The van der Waals surface area contributed by atoms with Crippen molar-refractivity contribution in [3.8, 4) is 11.3 Å². The number of pyridine rings is 1. The van der Waals surface area contributed by atoms with Gasteiger partial charge in [-0.1, -0.05) is 36.8 Å². The van der Waals surface area contributed by atoms with Gasteiger partial charge in [-0.3, -0.25) is 9.88 Å². The zero-order chi connectivity index (χ0) is 16.4. The summed E-state index contributed by atoms with van der Waals surface area (Å²) in [5, 5.41) is 10.4. The monoisotopic (exact) mass is 322 g/mol. The van der Waals surface area contributed by atoms with E-state index < -0.39 is 0 Å². The van der Waals surface area contributed by atoms with E-state index in [0.29, 0.717) is 0 Å². The molecule has 0 unspecified atom stereocenters. The number of nitrogens with zero attached hydrogens (tertiary/aromatic N) is 2. The van der Waals surface area contributed by atoms with Gasteiger partial charge in [0.2, 0.25) is 0 Å². The summed E-state index contributed by atoms with van der Waals surface area (Å²) >= 11 is 0. The van der Waals surface area contributed by atoms with E-state index in [1.165, 1.54) is 36.8 Å². The van der Waals surface area contributed by atoms with E-state index in [4.69, 9.17) is 0 Å². The summed E-state index contributed by atoms with van der Waals surface area (Å²) in [6, 6.07) is 14.8. The van der Waals surface area contributed by atoms with Crippen molar-refractivity contribution in [2.45, 2.75) is 44.8 Å². The third kappa shape index (κ3) is 3.11. The molecule has 1 aliphatic carbocycles. The lowest BCUT2D eigenvalue weighted by Gasteiger charge is -2.42. The first-order chi connectivity index (χ1) is 11.8. The Morgan fingerprint density at radius 2 is 1.92 bits per heavy atom. The molecule has 0 bridgehead atoms. The molecule has 1 saturated carbocycles. The maximum absolute atomic E-state index is 10.4. The van der Waals surface area contributed by atoms with E-state index in [-0.39, 0.29) is 11.5 Å². The molecule has 1 aliphatic heterocycles. The second-order valence-electron chi connectivity index (χ2n) is 7.50. The number of piperidine rings is 1. The summed E-state index contributed by atoms with van der Waals surface area (Å²) in [4.78, 5) is 6.95. The molecule has 0 amide bonds. The fourth-order valence-corrected chi connectivity index (χ4v) is 4.56. The van der Waals surface area contributed by atoms with Gasteiger partial charge in [-0.2, -0.15) is 0 Å². The number of aromatic nitrogens is 1. The average Bonchev–Trinajstić information content (AvgIpc) is 2.96. The van der Waals surface area contributed by atoms with Crippen molar-refractivity contribution >= 4 is 0 Å². The van der Waals surface area contributed by atoms with Crippen molar-refractivity contribution < 1.29 is 5.11 Å². The zero-order valence-corrected chi connectivity index (χ0v) is 14.2. The molecule has 2 atom stereocenters. The number of benzene rings is 1. The molecule has 24 heavy (non-hydrogen) atoms. The SMILES string of the molecule is O[C@@H]1CCC[C@@]12CCCN(Cc1ccc(-c3ccccn3)cc1)C2. The van der Waals surface area contributed by atoms with Crippen LogP contribution in [0.4, 0.5) is 0 Å². The number of hydrogen-bond acceptors (Lipinski definition) is 3. The van der Waals surface area contributed by atoms with Crippen LogP contribution >= 0.6 is 0 Å². The fraction of sp³-hybridized carbons (Fsp3) is 0.476. The Labute approximate surface area is 144 Å². The molecule has 0 radical (unpaired) electrons. The molecule has 126 valence electrons. The molecule has 3 heteroatoms. The highest BCUT2D eigenvalue weighted by molar-refractivity contribution is 5.58. The van der Waals surface area contributed by atoms with Crippen LogP contribution in [0.1, 0.15) is 37.7 Å². The maximum atomic E-state index is 10.4. The van der Waals surface area contributed by atoms with Crippen LogP contribution < -0.4 is 0 Å². The summed E-state index contributed by atoms with van der Waals surface area (Å²) in [6.07, 6.45) is 7.53. The van der Waals surface area contributed by atoms with E-state index in [1.807, 2.05) is 24.4 Å². The van der Waals surface area contributed by atoms with Crippen molar-refractivity contribution in [2.24, 2.45) is 5.41 Å². The van der Waals surface area contributed by atoms with Gasteiger partial charge in [-0.25, -0.2) is 0 Å². The van der Waals surface area contributed by atoms with Crippen LogP contribution in [-0.4, -0.2) is 34.2 Å². The van der Waals surface area contributed by atoms with Crippen LogP contribution in [0.2, 0.25) is 0 Å². The minimum atomic E-state index is -0.0909. The number of hydrogen-bond donors (Lipinski definition) is 1. The minimum Gasteiger partial charge on any atom is -0.393 e. The largest absolute Gasteiger partial charge is 0.393 e. The van der Waals surface area contributed by atoms with Gasteiger partial charge >= 0.3 is 0 Å². The molecule has 2 fully saturated rings. The predicted octanol–water partition coefficient (Wildman–Crippen LogP) is 3.88. The summed E-state index contributed by atoms with van der Waals surface area (Å²) in [5.74, 6) is 0. The third-order valence-electron chi connectivity index (χ3n) is 5.87. The number of rotatable bonds is 3. The summed E-state index contributed by atoms with van der Waals surface area (Å²) in [5.41, 5.74) is 3.71. The van der Waals surface area contributed by atoms with Gasteiger partial charge in [0.05, 0.1) is 11.8 Å². The highest BCUT2D eigenvalue weighted by Crippen LogP contribution is 2.45. The smallest absolute Gasteiger partial charge is 0.0701 e. The van der Waals surface area contributed by atoms with Crippen molar-refractivity contribution in [3.05, 3.63) is 54.2 Å². The Hall–Kier alpha value is -1.71. The molecule has 2 aliphatic rings. The molecule has 1 aromatic carbocycles. The molecule has 1 aromatic heterocycles. The zero-order valence-electron chi connectivity index (χ0n) is 14.2. The normalized spacial score (nSPS) is 27.6. The third-order valence-corrected chi connectivity index (χ3v) is 5.87. The van der Waals surface area contributed by atoms with Crippen molar-refractivity contribution in [3.63, 3.8) is 0 Å². The molecule has 4 rings (SSSR count). The molecule has 1 saturated heterocycles. The topological polar surface area (TPSA) is 36.4 Å². The van der Waals surface area contributed by atoms with Crippen LogP contribution in [0.3, 0.4) is 0 Å². The van der Waals surface area contributed by atoms with Gasteiger partial charge in [0, 0.05) is 30.3 Å². The number of aliphatic hydroxyl groups excluding tert-OH is 1. The van der Waals surface area contributed by atoms with Crippen LogP contribution in [0, 0.1) is 5.41 Å². The van der Waals surface area contributed by atoms with Gasteiger partial charge < -0.3 is 5.11 Å². The van der Waals surface area contributed by atoms with Crippen LogP contribution in [0.15, 0.2) is 48.7 Å². The van der Waals surface area contributed by atoms with E-state index in [2.05, 4.69) is 34.1 Å². The van der Waals surface area contributed by atoms with E-state index in [9.17, 15) is 5.11 Å². The number of likely N-dealkylation sites (tertiary alicyclic amines) is 1. The predicted molar refractivity (Wildman–Crippen MR) is 96.5 cm³/mol. The Morgan fingerprint density at radius 3 is 2.62 bits per heavy atom. The first kappa shape index (κ1) is 15.8. The number of aliphatic hydroxyl groups is 1. The van der Waals surface area contributed by atoms with Crippen LogP contribution in [0.25, 0.3) is 11.3 Å². The molecule has 3 nitrogen and oxygen atoms in total. The van der Waals surface area contributed by atoms with Gasteiger partial charge in [-0.15, -0.1) is 0 Å². The lowest BCUT2D eigenvalue weighted by atomic mass is 9.76. The summed E-state index contributed by atoms with van der Waals surface area (Å²) < 4.78 is 0. The van der Waals surface area contributed by atoms with Crippen LogP contribution in [-0.2, 0) is 6.54 Å². The summed E-state index contributed by atoms with van der Waals surface area (Å²) in [6.45, 7) is 3.18. The van der Waals surface area contributed by atoms with Gasteiger partial charge in [0.15, 0.2) is 0 Å². The Bertz CT molecular complexity index is 670. The minimum absolute atomic E-state index is 0.0909. The molecule has 2 heterocycles. The van der Waals surface area contributed by atoms with Gasteiger partial charge in [-0.05, 0) is 49.9 Å². The van der Waals surface area contributed by atoms with Crippen molar-refractivity contribution in [2.75, 3.05) is 13.1 Å². The second kappa shape index (κ2) is 6.66. The second-order valence-corrected chi connectivity index (χ2v) is 7.50. The van der Waals surface area contributed by atoms with Crippen molar-refractivity contribution in [1.29, 1.82) is 0 Å². The Kier molecular flexibility index (Phi) is 4.38. The summed E-state index contributed by atoms with van der Waals surface area (Å²) in [7, 11) is 0. The maximum Gasteiger partial charge on any atom is 0.0701 e. The quantitative estimate of drug-likeness (QED) is 0.932. The molecular weight excluding hydrogens is 296 g/mol. The Balaban J connectivity index is 1.44. The van der Waals surface area contributed by atoms with Gasteiger partial charge in [0.25, 0.3) is 0 Å². The van der Waals surface area contributed by atoms with E-state index in [1.54, 1.807) is 0 Å². The average molecular weight is 322 g/mol. The lowest BCUT2D eigenvalue weighted by molar-refractivity contribution is -0.0120. The van der Waals surface area contributed by atoms with E-state index in [0.717, 1.165) is 31.7 Å². The molecule has 1 N–H and O–H groups in total. The molecule has 1 spiro atoms. The Morgan fingerprint density at radius 1 is 1.08 bits per heavy atom. The highest BCUT2D eigenvalue weighted by Gasteiger charge is 2.44. The highest BCUT2D eigenvalue weighted by atomic mass is 16.3.